The minimum Gasteiger partial charge on any atom is -0.495 e. The van der Waals surface area contributed by atoms with E-state index in [0.29, 0.717) is 29.5 Å². The largest absolute Gasteiger partial charge is 0.495 e. The van der Waals surface area contributed by atoms with Crippen LogP contribution in [0, 0.1) is 5.92 Å². The molecular formula is C18H24ClNO4. The number of benzene rings is 1. The molecule has 0 aromatic heterocycles. The van der Waals surface area contributed by atoms with Gasteiger partial charge in [-0.2, -0.15) is 0 Å². The van der Waals surface area contributed by atoms with Gasteiger partial charge in [-0.1, -0.05) is 30.5 Å². The molecule has 0 aliphatic heterocycles. The third-order valence-corrected chi connectivity index (χ3v) is 4.72. The molecule has 1 N–H and O–H groups in total. The Kier molecular flexibility index (Phi) is 6.91. The minimum absolute atomic E-state index is 0.100. The van der Waals surface area contributed by atoms with E-state index >= 15 is 0 Å². The number of halogens is 1. The van der Waals surface area contributed by atoms with Gasteiger partial charge in [0.25, 0.3) is 0 Å². The van der Waals surface area contributed by atoms with Crippen LogP contribution in [-0.2, 0) is 20.7 Å². The van der Waals surface area contributed by atoms with E-state index < -0.39 is 12.0 Å². The molecule has 132 valence electrons. The van der Waals surface area contributed by atoms with Gasteiger partial charge in [-0.3, -0.25) is 4.79 Å². The highest BCUT2D eigenvalue weighted by Crippen LogP contribution is 2.28. The van der Waals surface area contributed by atoms with E-state index in [1.54, 1.807) is 19.2 Å². The Balaban J connectivity index is 2.00. The van der Waals surface area contributed by atoms with E-state index in [0.717, 1.165) is 18.4 Å². The third-order valence-electron chi connectivity index (χ3n) is 4.43. The van der Waals surface area contributed by atoms with Crippen LogP contribution >= 0.6 is 11.6 Å². The highest BCUT2D eigenvalue weighted by atomic mass is 35.5. The molecule has 1 amide bonds. The van der Waals surface area contributed by atoms with Crippen molar-refractivity contribution in [2.45, 2.75) is 44.6 Å². The van der Waals surface area contributed by atoms with Crippen molar-refractivity contribution in [2.24, 2.45) is 5.92 Å². The first kappa shape index (κ1) is 18.6. The number of hydrogen-bond donors (Lipinski definition) is 1. The van der Waals surface area contributed by atoms with Crippen molar-refractivity contribution in [2.75, 3.05) is 14.2 Å². The first-order valence-electron chi connectivity index (χ1n) is 8.23. The molecule has 0 unspecified atom stereocenters. The fourth-order valence-electron chi connectivity index (χ4n) is 3.14. The van der Waals surface area contributed by atoms with Crippen LogP contribution in [-0.4, -0.2) is 32.1 Å². The van der Waals surface area contributed by atoms with Crippen LogP contribution in [0.15, 0.2) is 18.2 Å². The molecule has 1 saturated carbocycles. The van der Waals surface area contributed by atoms with Crippen molar-refractivity contribution in [1.82, 2.24) is 5.32 Å². The normalized spacial score (nSPS) is 15.8. The van der Waals surface area contributed by atoms with Gasteiger partial charge in [-0.15, -0.1) is 0 Å². The smallest absolute Gasteiger partial charge is 0.328 e. The van der Waals surface area contributed by atoms with Crippen LogP contribution < -0.4 is 10.1 Å². The number of rotatable bonds is 7. The van der Waals surface area contributed by atoms with Crippen molar-refractivity contribution < 1.29 is 19.1 Å². The average molecular weight is 354 g/mol. The highest BCUT2D eigenvalue weighted by Gasteiger charge is 2.25. The molecule has 24 heavy (non-hydrogen) atoms. The molecule has 0 spiro atoms. The van der Waals surface area contributed by atoms with Crippen LogP contribution in [0.4, 0.5) is 0 Å². The lowest BCUT2D eigenvalue weighted by molar-refractivity contribution is -0.145. The summed E-state index contributed by atoms with van der Waals surface area (Å²) >= 11 is 6.12. The number of ether oxygens (including phenoxy) is 2. The number of hydrogen-bond acceptors (Lipinski definition) is 4. The Hall–Kier alpha value is -1.75. The number of nitrogens with one attached hydrogen (secondary N) is 1. The van der Waals surface area contributed by atoms with E-state index in [4.69, 9.17) is 21.1 Å². The Bertz CT molecular complexity index is 584. The standard InChI is InChI=1S/C18H24ClNO4/c1-23-16-8-7-13(9-14(16)19)10-15(18(22)24-2)20-17(21)11-12-5-3-4-6-12/h7-9,12,15H,3-6,10-11H2,1-2H3,(H,20,21)/t15-/m1/s1. The molecule has 1 fully saturated rings. The topological polar surface area (TPSA) is 64.6 Å². The zero-order valence-electron chi connectivity index (χ0n) is 14.1. The number of methoxy groups -OCH3 is 2. The van der Waals surface area contributed by atoms with Crippen molar-refractivity contribution in [3.8, 4) is 5.75 Å². The van der Waals surface area contributed by atoms with Crippen molar-refractivity contribution in [3.63, 3.8) is 0 Å². The Morgan fingerprint density at radius 3 is 2.58 bits per heavy atom. The highest BCUT2D eigenvalue weighted by molar-refractivity contribution is 6.32. The predicted molar refractivity (Wildman–Crippen MR) is 92.2 cm³/mol. The Morgan fingerprint density at radius 2 is 2.00 bits per heavy atom. The molecule has 1 atom stereocenters. The zero-order valence-corrected chi connectivity index (χ0v) is 14.9. The SMILES string of the molecule is COC(=O)[C@@H](Cc1ccc(OC)c(Cl)c1)NC(=O)CC1CCCC1. The minimum atomic E-state index is -0.714. The molecule has 2 rings (SSSR count). The van der Waals surface area contributed by atoms with Gasteiger partial charge in [0.2, 0.25) is 5.91 Å². The molecule has 1 aliphatic carbocycles. The van der Waals surface area contributed by atoms with Gasteiger partial charge in [0, 0.05) is 12.8 Å². The first-order valence-corrected chi connectivity index (χ1v) is 8.61. The first-order chi connectivity index (χ1) is 11.5. The molecule has 1 aliphatic rings. The summed E-state index contributed by atoms with van der Waals surface area (Å²) in [5.74, 6) is 0.442. The Labute approximate surface area is 147 Å². The fourth-order valence-corrected chi connectivity index (χ4v) is 3.42. The van der Waals surface area contributed by atoms with Gasteiger partial charge in [0.05, 0.1) is 19.2 Å². The van der Waals surface area contributed by atoms with E-state index in [2.05, 4.69) is 5.32 Å². The van der Waals surface area contributed by atoms with Gasteiger partial charge in [-0.25, -0.2) is 4.79 Å². The maximum atomic E-state index is 12.2. The lowest BCUT2D eigenvalue weighted by atomic mass is 10.0. The van der Waals surface area contributed by atoms with Crippen LogP contribution in [0.1, 0.15) is 37.7 Å². The van der Waals surface area contributed by atoms with E-state index in [1.165, 1.54) is 20.0 Å². The molecule has 5 nitrogen and oxygen atoms in total. The molecule has 0 radical (unpaired) electrons. The van der Waals surface area contributed by atoms with Crippen molar-refractivity contribution in [3.05, 3.63) is 28.8 Å². The number of carbonyl (C=O) groups is 2. The molecule has 0 bridgehead atoms. The van der Waals surface area contributed by atoms with Crippen molar-refractivity contribution >= 4 is 23.5 Å². The van der Waals surface area contributed by atoms with Crippen LogP contribution in [0.2, 0.25) is 5.02 Å². The third kappa shape index (κ3) is 5.13. The van der Waals surface area contributed by atoms with Crippen molar-refractivity contribution in [1.29, 1.82) is 0 Å². The van der Waals surface area contributed by atoms with E-state index in [9.17, 15) is 9.59 Å². The molecule has 1 aromatic rings. The van der Waals surface area contributed by atoms with Gasteiger partial charge >= 0.3 is 5.97 Å². The summed E-state index contributed by atoms with van der Waals surface area (Å²) in [6.45, 7) is 0. The molecular weight excluding hydrogens is 330 g/mol. The second-order valence-electron chi connectivity index (χ2n) is 6.17. The van der Waals surface area contributed by atoms with E-state index in [1.807, 2.05) is 6.07 Å². The molecule has 0 heterocycles. The molecule has 0 saturated heterocycles. The van der Waals surface area contributed by atoms with E-state index in [-0.39, 0.29) is 5.91 Å². The van der Waals surface area contributed by atoms with Crippen LogP contribution in [0.5, 0.6) is 5.75 Å². The maximum Gasteiger partial charge on any atom is 0.328 e. The van der Waals surface area contributed by atoms with Crippen LogP contribution in [0.3, 0.4) is 0 Å². The van der Waals surface area contributed by atoms with Crippen LogP contribution in [0.25, 0.3) is 0 Å². The predicted octanol–water partition coefficient (Wildman–Crippen LogP) is 3.13. The van der Waals surface area contributed by atoms with Gasteiger partial charge in [0.15, 0.2) is 0 Å². The Morgan fingerprint density at radius 1 is 1.29 bits per heavy atom. The lowest BCUT2D eigenvalue weighted by Gasteiger charge is -2.18. The summed E-state index contributed by atoms with van der Waals surface area (Å²) in [4.78, 5) is 24.2. The number of esters is 1. The molecule has 1 aromatic carbocycles. The summed E-state index contributed by atoms with van der Waals surface area (Å²) in [6.07, 6.45) is 5.34. The quantitative estimate of drug-likeness (QED) is 0.765. The number of amides is 1. The average Bonchev–Trinajstić information content (AvgIpc) is 3.06. The van der Waals surface area contributed by atoms with Gasteiger partial charge in [0.1, 0.15) is 11.8 Å². The maximum absolute atomic E-state index is 12.2. The second kappa shape index (κ2) is 8.92. The lowest BCUT2D eigenvalue weighted by Crippen LogP contribution is -2.43. The summed E-state index contributed by atoms with van der Waals surface area (Å²) in [5.41, 5.74) is 0.831. The summed E-state index contributed by atoms with van der Waals surface area (Å²) in [5, 5.41) is 3.27. The summed E-state index contributed by atoms with van der Waals surface area (Å²) in [6, 6.07) is 4.59. The number of carbonyl (C=O) groups excluding carboxylic acids is 2. The summed E-state index contributed by atoms with van der Waals surface area (Å²) in [7, 11) is 2.86. The second-order valence-corrected chi connectivity index (χ2v) is 6.58. The van der Waals surface area contributed by atoms with Gasteiger partial charge < -0.3 is 14.8 Å². The zero-order chi connectivity index (χ0) is 17.5. The fraction of sp³-hybridized carbons (Fsp3) is 0.556. The van der Waals surface area contributed by atoms with Gasteiger partial charge in [-0.05, 0) is 36.5 Å². The molecule has 6 heteroatoms. The monoisotopic (exact) mass is 353 g/mol. The summed E-state index contributed by atoms with van der Waals surface area (Å²) < 4.78 is 9.94.